The molecule has 3 rings (SSSR count). The van der Waals surface area contributed by atoms with Gasteiger partial charge in [0, 0.05) is 45.2 Å². The van der Waals surface area contributed by atoms with Gasteiger partial charge in [-0.3, -0.25) is 4.79 Å². The average molecular weight is 335 g/mol. The molecule has 0 aliphatic carbocycles. The number of nitrogens with one attached hydrogen (secondary N) is 1. The van der Waals surface area contributed by atoms with E-state index in [1.807, 2.05) is 6.07 Å². The third-order valence-electron chi connectivity index (χ3n) is 4.89. The van der Waals surface area contributed by atoms with Crippen LogP contribution in [-0.2, 0) is 4.79 Å². The normalized spacial score (nSPS) is 21.2. The summed E-state index contributed by atoms with van der Waals surface area (Å²) in [4.78, 5) is 15.6. The second-order valence-corrected chi connectivity index (χ2v) is 6.80. The van der Waals surface area contributed by atoms with Gasteiger partial charge in [-0.25, -0.2) is 4.39 Å². The Morgan fingerprint density at radius 1 is 1.21 bits per heavy atom. The van der Waals surface area contributed by atoms with Crippen molar-refractivity contribution in [3.63, 3.8) is 0 Å². The molecule has 1 aromatic carbocycles. The average Bonchev–Trinajstić information content (AvgIpc) is 2.96. The highest BCUT2D eigenvalue weighted by Gasteiger charge is 2.25. The zero-order chi connectivity index (χ0) is 16.9. The van der Waals surface area contributed by atoms with E-state index in [4.69, 9.17) is 0 Å². The van der Waals surface area contributed by atoms with Crippen molar-refractivity contribution in [3.05, 3.63) is 30.1 Å². The zero-order valence-electron chi connectivity index (χ0n) is 14.0. The Morgan fingerprint density at radius 3 is 2.62 bits per heavy atom. The van der Waals surface area contributed by atoms with Crippen LogP contribution in [0.25, 0.3) is 0 Å². The molecule has 2 aliphatic heterocycles. The summed E-state index contributed by atoms with van der Waals surface area (Å²) in [5.74, 6) is -0.0625. The van der Waals surface area contributed by atoms with Crippen molar-refractivity contribution in [2.24, 2.45) is 0 Å². The van der Waals surface area contributed by atoms with Gasteiger partial charge in [0.15, 0.2) is 0 Å². The monoisotopic (exact) mass is 335 g/mol. The molecule has 0 radical (unpaired) electrons. The van der Waals surface area contributed by atoms with E-state index in [-0.39, 0.29) is 17.8 Å². The number of rotatable bonds is 6. The van der Waals surface area contributed by atoms with Crippen LogP contribution >= 0.6 is 0 Å². The molecule has 1 atom stereocenters. The van der Waals surface area contributed by atoms with Crippen LogP contribution in [0, 0.1) is 5.82 Å². The summed E-state index contributed by atoms with van der Waals surface area (Å²) in [5.41, 5.74) is 0.559. The summed E-state index contributed by atoms with van der Waals surface area (Å²) in [5, 5.41) is 13.5. The smallest absolute Gasteiger partial charge is 0.222 e. The topological polar surface area (TPSA) is 55.8 Å². The van der Waals surface area contributed by atoms with E-state index in [2.05, 4.69) is 10.2 Å². The van der Waals surface area contributed by atoms with Gasteiger partial charge in [0.2, 0.25) is 5.91 Å². The van der Waals surface area contributed by atoms with Crippen LogP contribution in [0.1, 0.15) is 25.7 Å². The first kappa shape index (κ1) is 17.2. The van der Waals surface area contributed by atoms with E-state index in [9.17, 15) is 14.3 Å². The summed E-state index contributed by atoms with van der Waals surface area (Å²) >= 11 is 0. The number of nitrogens with zero attached hydrogens (tertiary/aromatic N) is 2. The van der Waals surface area contributed by atoms with Crippen molar-refractivity contribution in [1.29, 1.82) is 0 Å². The minimum Gasteiger partial charge on any atom is -0.390 e. The Kier molecular flexibility index (Phi) is 5.68. The molecule has 2 N–H and O–H groups in total. The number of anilines is 1. The molecule has 1 amide bonds. The first-order valence-electron chi connectivity index (χ1n) is 8.81. The molecule has 24 heavy (non-hydrogen) atoms. The van der Waals surface area contributed by atoms with Crippen molar-refractivity contribution < 1.29 is 14.3 Å². The number of piperidine rings is 1. The zero-order valence-corrected chi connectivity index (χ0v) is 14.0. The maximum Gasteiger partial charge on any atom is 0.222 e. The fourth-order valence-electron chi connectivity index (χ4n) is 3.57. The van der Waals surface area contributed by atoms with Crippen molar-refractivity contribution in [3.8, 4) is 0 Å². The summed E-state index contributed by atoms with van der Waals surface area (Å²) in [6, 6.07) is 7.01. The second kappa shape index (κ2) is 7.94. The Labute approximate surface area is 142 Å². The number of para-hydroxylation sites is 1. The van der Waals surface area contributed by atoms with Crippen LogP contribution in [0.5, 0.6) is 0 Å². The molecule has 1 unspecified atom stereocenters. The second-order valence-electron chi connectivity index (χ2n) is 6.80. The number of hydrogen-bond acceptors (Lipinski definition) is 4. The number of carbonyl (C=O) groups excluding carboxylic acids is 1. The highest BCUT2D eigenvalue weighted by atomic mass is 19.1. The molecule has 6 heteroatoms. The summed E-state index contributed by atoms with van der Waals surface area (Å²) < 4.78 is 13.7. The lowest BCUT2D eigenvalue weighted by molar-refractivity contribution is -0.129. The molecule has 0 spiro atoms. The largest absolute Gasteiger partial charge is 0.390 e. The minimum absolute atomic E-state index is 0.154. The molecule has 5 nitrogen and oxygen atoms in total. The molecule has 1 aromatic rings. The summed E-state index contributed by atoms with van der Waals surface area (Å²) in [6.07, 6.45) is 2.86. The van der Waals surface area contributed by atoms with Crippen LogP contribution in [0.4, 0.5) is 10.1 Å². The molecule has 2 fully saturated rings. The van der Waals surface area contributed by atoms with Crippen molar-refractivity contribution >= 4 is 11.6 Å². The van der Waals surface area contributed by atoms with Gasteiger partial charge in [-0.05, 0) is 31.4 Å². The van der Waals surface area contributed by atoms with Crippen LogP contribution in [0.3, 0.4) is 0 Å². The van der Waals surface area contributed by atoms with Crippen molar-refractivity contribution in [2.75, 3.05) is 38.0 Å². The van der Waals surface area contributed by atoms with E-state index in [0.29, 0.717) is 25.2 Å². The molecular formula is C18H26FN3O2. The van der Waals surface area contributed by atoms with Gasteiger partial charge in [-0.15, -0.1) is 0 Å². The van der Waals surface area contributed by atoms with Crippen LogP contribution < -0.4 is 5.32 Å². The highest BCUT2D eigenvalue weighted by molar-refractivity contribution is 5.78. The van der Waals surface area contributed by atoms with E-state index in [0.717, 1.165) is 38.9 Å². The van der Waals surface area contributed by atoms with E-state index in [1.165, 1.54) is 6.07 Å². The lowest BCUT2D eigenvalue weighted by Gasteiger charge is -2.34. The Bertz CT molecular complexity index is 561. The maximum atomic E-state index is 13.7. The number of β-amino-alcohol motifs (C(OH)–C–C–N with tert-alkyl or cyclic N) is 1. The number of likely N-dealkylation sites (tertiary alicyclic amines) is 2. The van der Waals surface area contributed by atoms with Gasteiger partial charge in [0.25, 0.3) is 0 Å². The number of aliphatic hydroxyl groups excluding tert-OH is 1. The number of carbonyl (C=O) groups is 1. The fraction of sp³-hybridized carbons (Fsp3) is 0.611. The first-order valence-corrected chi connectivity index (χ1v) is 8.81. The number of benzene rings is 1. The van der Waals surface area contributed by atoms with E-state index in [1.54, 1.807) is 17.0 Å². The standard InChI is InChI=1S/C18H26FN3O2/c19-16-4-1-2-5-17(16)20-14-7-10-21(11-8-14)12-15(23)13-22-9-3-6-18(22)24/h1-2,4-5,14-15,20,23H,3,6-13H2. The molecule has 132 valence electrons. The predicted molar refractivity (Wildman–Crippen MR) is 91.3 cm³/mol. The minimum atomic E-state index is -0.497. The Balaban J connectivity index is 1.40. The molecule has 0 aromatic heterocycles. The Morgan fingerprint density at radius 2 is 1.96 bits per heavy atom. The molecule has 2 heterocycles. The summed E-state index contributed by atoms with van der Waals surface area (Å²) in [7, 11) is 0. The molecular weight excluding hydrogens is 309 g/mol. The number of aliphatic hydroxyl groups is 1. The quantitative estimate of drug-likeness (QED) is 0.831. The summed E-state index contributed by atoms with van der Waals surface area (Å²) in [6.45, 7) is 3.54. The van der Waals surface area contributed by atoms with E-state index < -0.39 is 6.10 Å². The van der Waals surface area contributed by atoms with E-state index >= 15 is 0 Å². The van der Waals surface area contributed by atoms with Gasteiger partial charge in [-0.2, -0.15) is 0 Å². The Hall–Kier alpha value is -1.66. The molecule has 2 saturated heterocycles. The first-order chi connectivity index (χ1) is 11.6. The third kappa shape index (κ3) is 4.45. The third-order valence-corrected chi connectivity index (χ3v) is 4.89. The van der Waals surface area contributed by atoms with Crippen LogP contribution in [0.15, 0.2) is 24.3 Å². The maximum absolute atomic E-state index is 13.7. The highest BCUT2D eigenvalue weighted by Crippen LogP contribution is 2.19. The van der Waals surface area contributed by atoms with Crippen molar-refractivity contribution in [1.82, 2.24) is 9.80 Å². The van der Waals surface area contributed by atoms with Gasteiger partial charge in [-0.1, -0.05) is 12.1 Å². The molecule has 2 aliphatic rings. The van der Waals surface area contributed by atoms with Crippen LogP contribution in [-0.4, -0.2) is 65.7 Å². The van der Waals surface area contributed by atoms with Gasteiger partial charge in [0.1, 0.15) is 5.82 Å². The number of halogens is 1. The van der Waals surface area contributed by atoms with Gasteiger partial charge in [0.05, 0.1) is 11.8 Å². The predicted octanol–water partition coefficient (Wildman–Crippen LogP) is 1.69. The molecule has 0 bridgehead atoms. The fourth-order valence-corrected chi connectivity index (χ4v) is 3.57. The van der Waals surface area contributed by atoms with Crippen molar-refractivity contribution in [2.45, 2.75) is 37.8 Å². The lowest BCUT2D eigenvalue weighted by atomic mass is 10.0. The SMILES string of the molecule is O=C1CCCN1CC(O)CN1CCC(Nc2ccccc2F)CC1. The van der Waals surface area contributed by atoms with Crippen LogP contribution in [0.2, 0.25) is 0 Å². The van der Waals surface area contributed by atoms with Gasteiger partial charge >= 0.3 is 0 Å². The lowest BCUT2D eigenvalue weighted by Crippen LogP contribution is -2.45. The van der Waals surface area contributed by atoms with Gasteiger partial charge < -0.3 is 20.2 Å². The number of hydrogen-bond donors (Lipinski definition) is 2. The number of amides is 1. The molecule has 0 saturated carbocycles.